The van der Waals surface area contributed by atoms with Gasteiger partial charge in [0, 0.05) is 6.42 Å². The average molecular weight is 102 g/mol. The minimum atomic E-state index is -0.153. The monoisotopic (exact) mass is 102 g/mol. The summed E-state index contributed by atoms with van der Waals surface area (Å²) in [5, 5.41) is 0. The first kappa shape index (κ1) is 4.59. The van der Waals surface area contributed by atoms with E-state index in [0.29, 0.717) is 6.61 Å². The maximum absolute atomic E-state index is 10.3. The van der Waals surface area contributed by atoms with Gasteiger partial charge in [0.15, 0.2) is 6.04 Å². The molecule has 3 nitrogen and oxygen atoms in total. The normalized spacial score (nSPS) is 30.4. The Kier molecular flexibility index (Phi) is 0.982. The van der Waals surface area contributed by atoms with E-state index in [0.717, 1.165) is 6.42 Å². The molecule has 1 fully saturated rings. The van der Waals surface area contributed by atoms with Gasteiger partial charge in [0.05, 0.1) is 6.61 Å². The number of hydrogen-bond acceptors (Lipinski definition) is 2. The van der Waals surface area contributed by atoms with Crippen LogP contribution in [0.5, 0.6) is 0 Å². The quantitative estimate of drug-likeness (QED) is 0.380. The van der Waals surface area contributed by atoms with E-state index in [4.69, 9.17) is 0 Å². The highest BCUT2D eigenvalue weighted by molar-refractivity contribution is 5.75. The molecule has 40 valence electrons. The van der Waals surface area contributed by atoms with E-state index in [1.807, 2.05) is 0 Å². The first-order valence-electron chi connectivity index (χ1n) is 2.30. The van der Waals surface area contributed by atoms with Crippen LogP contribution in [0.25, 0.3) is 0 Å². The van der Waals surface area contributed by atoms with E-state index < -0.39 is 0 Å². The van der Waals surface area contributed by atoms with Crippen molar-refractivity contribution in [3.8, 4) is 0 Å². The molecule has 1 heterocycles. The smallest absolute Gasteiger partial charge is 0.364 e. The van der Waals surface area contributed by atoms with Gasteiger partial charge in [-0.05, 0) is 0 Å². The molecule has 0 aromatic rings. The van der Waals surface area contributed by atoms with Crippen LogP contribution in [0, 0.1) is 0 Å². The van der Waals surface area contributed by atoms with Crippen molar-refractivity contribution in [1.29, 1.82) is 0 Å². The lowest BCUT2D eigenvalue weighted by Crippen LogP contribution is -2.63. The Morgan fingerprint density at radius 1 is 1.86 bits per heavy atom. The maximum Gasteiger partial charge on any atom is 0.364 e. The number of carbonyl (C=O) groups is 1. The molecule has 0 aromatic heterocycles. The molecule has 3 N–H and O–H groups in total. The van der Waals surface area contributed by atoms with E-state index >= 15 is 0 Å². The first-order valence-corrected chi connectivity index (χ1v) is 2.30. The van der Waals surface area contributed by atoms with Crippen molar-refractivity contribution in [2.24, 2.45) is 0 Å². The molecule has 1 atom stereocenters. The standard InChI is InChI=1S/C4H7NO2/c5-3-1-2-7-4(3)6/h3H,1-2,5H2/p+1. The van der Waals surface area contributed by atoms with E-state index in [1.165, 1.54) is 0 Å². The molecule has 0 saturated carbocycles. The molecular weight excluding hydrogens is 94.0 g/mol. The van der Waals surface area contributed by atoms with Crippen molar-refractivity contribution >= 4 is 5.97 Å². The summed E-state index contributed by atoms with van der Waals surface area (Å²) in [7, 11) is 0. The van der Waals surface area contributed by atoms with Crippen LogP contribution >= 0.6 is 0 Å². The summed E-state index contributed by atoms with van der Waals surface area (Å²) in [6, 6.07) is -0.0972. The Morgan fingerprint density at radius 3 is 2.71 bits per heavy atom. The molecule has 7 heavy (non-hydrogen) atoms. The molecule has 1 saturated heterocycles. The molecule has 0 radical (unpaired) electrons. The molecule has 0 bridgehead atoms. The lowest BCUT2D eigenvalue weighted by Gasteiger charge is -1.86. The van der Waals surface area contributed by atoms with Gasteiger partial charge in [0.25, 0.3) is 0 Å². The second-order valence-corrected chi connectivity index (χ2v) is 1.65. The third kappa shape index (κ3) is 0.718. The minimum Gasteiger partial charge on any atom is -0.461 e. The Balaban J connectivity index is 2.48. The highest BCUT2D eigenvalue weighted by Crippen LogP contribution is 1.99. The number of ether oxygens (including phenoxy) is 1. The fourth-order valence-corrected chi connectivity index (χ4v) is 0.537. The SMILES string of the molecule is [NH3+]C1CCOC1=O. The molecule has 1 rings (SSSR count). The number of esters is 1. The Bertz CT molecular complexity index is 91.7. The number of quaternary nitrogens is 1. The number of hydrogen-bond donors (Lipinski definition) is 1. The molecule has 1 aliphatic heterocycles. The number of rotatable bonds is 0. The Labute approximate surface area is 41.4 Å². The van der Waals surface area contributed by atoms with Gasteiger partial charge < -0.3 is 10.5 Å². The third-order valence-corrected chi connectivity index (χ3v) is 1.04. The van der Waals surface area contributed by atoms with Crippen LogP contribution in [0.3, 0.4) is 0 Å². The minimum absolute atomic E-state index is 0.0972. The topological polar surface area (TPSA) is 53.9 Å². The molecule has 1 aliphatic rings. The summed E-state index contributed by atoms with van der Waals surface area (Å²) in [4.78, 5) is 10.3. The van der Waals surface area contributed by atoms with E-state index in [-0.39, 0.29) is 12.0 Å². The number of cyclic esters (lactones) is 1. The van der Waals surface area contributed by atoms with Crippen LogP contribution in [0.1, 0.15) is 6.42 Å². The Hall–Kier alpha value is -0.570. The summed E-state index contributed by atoms with van der Waals surface area (Å²) in [5.41, 5.74) is 3.54. The van der Waals surface area contributed by atoms with Crippen LogP contribution in [-0.2, 0) is 9.53 Å². The average Bonchev–Trinajstić information content (AvgIpc) is 1.91. The zero-order valence-electron chi connectivity index (χ0n) is 4.02. The largest absolute Gasteiger partial charge is 0.461 e. The zero-order chi connectivity index (χ0) is 5.28. The van der Waals surface area contributed by atoms with Crippen LogP contribution in [0.15, 0.2) is 0 Å². The van der Waals surface area contributed by atoms with Gasteiger partial charge in [-0.3, -0.25) is 0 Å². The van der Waals surface area contributed by atoms with E-state index in [2.05, 4.69) is 10.5 Å². The fourth-order valence-electron chi connectivity index (χ4n) is 0.537. The van der Waals surface area contributed by atoms with Gasteiger partial charge in [-0.15, -0.1) is 0 Å². The molecule has 3 heteroatoms. The zero-order valence-corrected chi connectivity index (χ0v) is 4.02. The summed E-state index contributed by atoms with van der Waals surface area (Å²) in [5.74, 6) is -0.153. The second kappa shape index (κ2) is 1.50. The maximum atomic E-state index is 10.3. The van der Waals surface area contributed by atoms with Crippen molar-refractivity contribution in [1.82, 2.24) is 0 Å². The molecular formula is C4H8NO2+. The molecule has 0 aliphatic carbocycles. The van der Waals surface area contributed by atoms with Crippen LogP contribution < -0.4 is 5.73 Å². The molecule has 0 aromatic carbocycles. The van der Waals surface area contributed by atoms with Crippen LogP contribution in [0.4, 0.5) is 0 Å². The van der Waals surface area contributed by atoms with Gasteiger partial charge in [-0.1, -0.05) is 0 Å². The van der Waals surface area contributed by atoms with E-state index in [9.17, 15) is 4.79 Å². The van der Waals surface area contributed by atoms with E-state index in [1.54, 1.807) is 0 Å². The lowest BCUT2D eigenvalue weighted by atomic mass is 10.3. The highest BCUT2D eigenvalue weighted by atomic mass is 16.5. The van der Waals surface area contributed by atoms with Crippen LogP contribution in [-0.4, -0.2) is 18.6 Å². The summed E-state index contributed by atoms with van der Waals surface area (Å²) in [6.07, 6.45) is 0.791. The molecule has 0 spiro atoms. The predicted molar refractivity (Wildman–Crippen MR) is 22.3 cm³/mol. The van der Waals surface area contributed by atoms with Gasteiger partial charge in [-0.2, -0.15) is 0 Å². The second-order valence-electron chi connectivity index (χ2n) is 1.65. The summed E-state index contributed by atoms with van der Waals surface area (Å²) >= 11 is 0. The molecule has 1 unspecified atom stereocenters. The van der Waals surface area contributed by atoms with Gasteiger partial charge in [0.2, 0.25) is 0 Å². The summed E-state index contributed by atoms with van der Waals surface area (Å²) < 4.78 is 4.56. The number of carbonyl (C=O) groups excluding carboxylic acids is 1. The van der Waals surface area contributed by atoms with Crippen molar-refractivity contribution < 1.29 is 15.3 Å². The van der Waals surface area contributed by atoms with Gasteiger partial charge in [0.1, 0.15) is 0 Å². The third-order valence-electron chi connectivity index (χ3n) is 1.04. The predicted octanol–water partition coefficient (Wildman–Crippen LogP) is -1.46. The van der Waals surface area contributed by atoms with Gasteiger partial charge in [-0.25, -0.2) is 4.79 Å². The van der Waals surface area contributed by atoms with Crippen molar-refractivity contribution in [2.75, 3.05) is 6.61 Å². The van der Waals surface area contributed by atoms with Crippen molar-refractivity contribution in [3.63, 3.8) is 0 Å². The van der Waals surface area contributed by atoms with Crippen LogP contribution in [0.2, 0.25) is 0 Å². The van der Waals surface area contributed by atoms with Gasteiger partial charge >= 0.3 is 5.97 Å². The Morgan fingerprint density at radius 2 is 2.57 bits per heavy atom. The molecule has 0 amide bonds. The van der Waals surface area contributed by atoms with Crippen molar-refractivity contribution in [2.45, 2.75) is 12.5 Å². The highest BCUT2D eigenvalue weighted by Gasteiger charge is 2.24. The lowest BCUT2D eigenvalue weighted by molar-refractivity contribution is -0.401. The van der Waals surface area contributed by atoms with Crippen molar-refractivity contribution in [3.05, 3.63) is 0 Å². The fraction of sp³-hybridized carbons (Fsp3) is 0.750. The first-order chi connectivity index (χ1) is 3.30. The summed E-state index contributed by atoms with van der Waals surface area (Å²) in [6.45, 7) is 0.562.